The van der Waals surface area contributed by atoms with Crippen molar-refractivity contribution in [3.8, 4) is 5.75 Å². The molecule has 0 radical (unpaired) electrons. The highest BCUT2D eigenvalue weighted by atomic mass is 16.5. The van der Waals surface area contributed by atoms with Gasteiger partial charge >= 0.3 is 0 Å². The monoisotopic (exact) mass is 597 g/mol. The fourth-order valence-corrected chi connectivity index (χ4v) is 7.53. The third kappa shape index (κ3) is 5.74. The van der Waals surface area contributed by atoms with E-state index in [9.17, 15) is 0 Å². The minimum Gasteiger partial charge on any atom is -0.457 e. The third-order valence-electron chi connectivity index (χ3n) is 9.82. The number of ether oxygens (including phenoxy) is 1. The molecule has 0 aromatic heterocycles. The second-order valence-electron chi connectivity index (χ2n) is 13.7. The average Bonchev–Trinajstić information content (AvgIpc) is 3.39. The Hall–Kier alpha value is -4.11. The van der Waals surface area contributed by atoms with Crippen molar-refractivity contribution in [3.05, 3.63) is 137 Å². The molecule has 0 amide bonds. The number of allylic oxidation sites excluding steroid dienone is 7. The number of para-hydroxylation sites is 3. The number of fused-ring (bicyclic) bond motifs is 2. The van der Waals surface area contributed by atoms with Crippen LogP contribution in [0.4, 0.5) is 11.4 Å². The summed E-state index contributed by atoms with van der Waals surface area (Å²) in [5.74, 6) is 1.89. The van der Waals surface area contributed by atoms with Gasteiger partial charge in [-0.25, -0.2) is 0 Å². The van der Waals surface area contributed by atoms with Gasteiger partial charge in [-0.3, -0.25) is 0 Å². The van der Waals surface area contributed by atoms with Crippen LogP contribution in [0, 0.1) is 0 Å². The Labute approximate surface area is 271 Å². The van der Waals surface area contributed by atoms with Crippen molar-refractivity contribution in [2.45, 2.75) is 84.5 Å². The second kappa shape index (κ2) is 12.7. The zero-order valence-corrected chi connectivity index (χ0v) is 28.1. The van der Waals surface area contributed by atoms with Crippen LogP contribution in [-0.2, 0) is 10.8 Å². The predicted octanol–water partition coefficient (Wildman–Crippen LogP) is 10.6. The van der Waals surface area contributed by atoms with E-state index in [0.717, 1.165) is 56.7 Å². The standard InChI is InChI=1S/C42H49N2O/c1-7-29-43-36-23-14-12-21-34(36)41(3,4)38(43)27-25-31-17-16-18-32(40(31)45-33-19-10-9-11-20-33)26-28-39-42(5,6)35-22-13-15-24-37(35)44(39)30-8-2/h9-15,19-28H,7-8,16-18,29-30H2,1-6H3/q+1. The molecule has 0 fully saturated rings. The van der Waals surface area contributed by atoms with Crippen molar-refractivity contribution in [1.29, 1.82) is 0 Å². The molecule has 0 N–H and O–H groups in total. The largest absolute Gasteiger partial charge is 0.457 e. The number of anilines is 1. The van der Waals surface area contributed by atoms with Crippen LogP contribution in [0.5, 0.6) is 5.75 Å². The topological polar surface area (TPSA) is 15.5 Å². The molecule has 0 saturated heterocycles. The second-order valence-corrected chi connectivity index (χ2v) is 13.7. The number of benzene rings is 3. The molecule has 0 spiro atoms. The summed E-state index contributed by atoms with van der Waals surface area (Å²) in [6.07, 6.45) is 14.8. The molecule has 0 atom stereocenters. The number of nitrogens with zero attached hydrogens (tertiary/aromatic N) is 2. The Balaban J connectivity index is 1.44. The number of hydrogen-bond acceptors (Lipinski definition) is 2. The Morgan fingerprint density at radius 3 is 2.22 bits per heavy atom. The van der Waals surface area contributed by atoms with Crippen molar-refractivity contribution in [2.24, 2.45) is 0 Å². The Kier molecular flexibility index (Phi) is 8.73. The third-order valence-corrected chi connectivity index (χ3v) is 9.82. The van der Waals surface area contributed by atoms with Gasteiger partial charge in [0.25, 0.3) is 0 Å². The predicted molar refractivity (Wildman–Crippen MR) is 190 cm³/mol. The lowest BCUT2D eigenvalue weighted by atomic mass is 9.81. The van der Waals surface area contributed by atoms with Crippen LogP contribution in [0.2, 0.25) is 0 Å². The number of hydrogen-bond donors (Lipinski definition) is 0. The van der Waals surface area contributed by atoms with E-state index in [4.69, 9.17) is 4.74 Å². The van der Waals surface area contributed by atoms with Crippen LogP contribution in [0.15, 0.2) is 126 Å². The Morgan fingerprint density at radius 1 is 0.756 bits per heavy atom. The van der Waals surface area contributed by atoms with Crippen molar-refractivity contribution >= 4 is 17.1 Å². The van der Waals surface area contributed by atoms with Gasteiger partial charge in [0.2, 0.25) is 5.69 Å². The van der Waals surface area contributed by atoms with Gasteiger partial charge in [0, 0.05) is 47.5 Å². The van der Waals surface area contributed by atoms with Crippen molar-refractivity contribution in [3.63, 3.8) is 0 Å². The van der Waals surface area contributed by atoms with E-state index >= 15 is 0 Å². The summed E-state index contributed by atoms with van der Waals surface area (Å²) in [5.41, 5.74) is 10.6. The van der Waals surface area contributed by atoms with Crippen LogP contribution in [0.1, 0.15) is 84.8 Å². The SMILES string of the molecule is CCCN1C(=CC=C2CCCC(C=CC3=[N+](CCC)c4ccccc4C3(C)C)=C2Oc2ccccc2)C(C)(C)c2ccccc21. The van der Waals surface area contributed by atoms with Crippen molar-refractivity contribution in [1.82, 2.24) is 0 Å². The van der Waals surface area contributed by atoms with Gasteiger partial charge in [-0.15, -0.1) is 0 Å². The van der Waals surface area contributed by atoms with E-state index < -0.39 is 0 Å². The van der Waals surface area contributed by atoms with Crippen LogP contribution in [-0.4, -0.2) is 23.4 Å². The minimum absolute atomic E-state index is 0.0627. The van der Waals surface area contributed by atoms with Gasteiger partial charge in [-0.05, 0) is 86.6 Å². The first kappa shape index (κ1) is 30.9. The van der Waals surface area contributed by atoms with Gasteiger partial charge in [0.15, 0.2) is 5.71 Å². The molecule has 0 bridgehead atoms. The highest BCUT2D eigenvalue weighted by molar-refractivity contribution is 6.03. The summed E-state index contributed by atoms with van der Waals surface area (Å²) < 4.78 is 9.31. The zero-order valence-electron chi connectivity index (χ0n) is 28.1. The average molecular weight is 598 g/mol. The molecule has 3 nitrogen and oxygen atoms in total. The van der Waals surface area contributed by atoms with Crippen LogP contribution in [0.3, 0.4) is 0 Å². The summed E-state index contributed by atoms with van der Waals surface area (Å²) in [7, 11) is 0. The first-order valence-corrected chi connectivity index (χ1v) is 16.9. The molecule has 3 aliphatic rings. The lowest BCUT2D eigenvalue weighted by Gasteiger charge is -2.27. The van der Waals surface area contributed by atoms with Gasteiger partial charge in [-0.1, -0.05) is 88.4 Å². The lowest BCUT2D eigenvalue weighted by molar-refractivity contribution is -0.437. The zero-order chi connectivity index (χ0) is 31.6. The molecule has 3 aromatic carbocycles. The molecular weight excluding hydrogens is 548 g/mol. The molecule has 3 aromatic rings. The van der Waals surface area contributed by atoms with E-state index in [1.54, 1.807) is 0 Å². The van der Waals surface area contributed by atoms with Gasteiger partial charge < -0.3 is 9.64 Å². The summed E-state index contributed by atoms with van der Waals surface area (Å²) in [6.45, 7) is 16.0. The van der Waals surface area contributed by atoms with Gasteiger partial charge in [0.05, 0.1) is 5.41 Å². The van der Waals surface area contributed by atoms with Gasteiger partial charge in [0.1, 0.15) is 18.1 Å². The first-order chi connectivity index (χ1) is 21.8. The summed E-state index contributed by atoms with van der Waals surface area (Å²) >= 11 is 0. The minimum atomic E-state index is -0.0627. The molecule has 1 aliphatic carbocycles. The summed E-state index contributed by atoms with van der Waals surface area (Å²) in [5, 5.41) is 0. The maximum Gasteiger partial charge on any atom is 0.209 e. The first-order valence-electron chi connectivity index (χ1n) is 16.9. The van der Waals surface area contributed by atoms with E-state index in [1.807, 2.05) is 6.07 Å². The fraction of sp³-hybridized carbons (Fsp3) is 0.357. The molecule has 2 aliphatic heterocycles. The quantitative estimate of drug-likeness (QED) is 0.228. The molecule has 6 rings (SSSR count). The molecule has 232 valence electrons. The maximum absolute atomic E-state index is 6.78. The van der Waals surface area contributed by atoms with E-state index in [1.165, 1.54) is 45.1 Å². The molecular formula is C42H49N2O+. The smallest absolute Gasteiger partial charge is 0.209 e. The Morgan fingerprint density at radius 2 is 1.47 bits per heavy atom. The fourth-order valence-electron chi connectivity index (χ4n) is 7.53. The number of rotatable bonds is 9. The highest BCUT2D eigenvalue weighted by Gasteiger charge is 2.44. The highest BCUT2D eigenvalue weighted by Crippen LogP contribution is 2.48. The summed E-state index contributed by atoms with van der Waals surface area (Å²) in [6, 6.07) is 28.1. The van der Waals surface area contributed by atoms with Gasteiger partial charge in [-0.2, -0.15) is 4.58 Å². The molecule has 2 heterocycles. The van der Waals surface area contributed by atoms with Crippen LogP contribution < -0.4 is 9.64 Å². The van der Waals surface area contributed by atoms with Crippen LogP contribution >= 0.6 is 0 Å². The summed E-state index contributed by atoms with van der Waals surface area (Å²) in [4.78, 5) is 2.52. The molecule has 0 saturated carbocycles. The van der Waals surface area contributed by atoms with E-state index in [0.29, 0.717) is 0 Å². The Bertz CT molecular complexity index is 1710. The lowest BCUT2D eigenvalue weighted by Crippen LogP contribution is -2.28. The van der Waals surface area contributed by atoms with E-state index in [2.05, 4.69) is 148 Å². The van der Waals surface area contributed by atoms with Crippen molar-refractivity contribution < 1.29 is 9.31 Å². The maximum atomic E-state index is 6.78. The molecule has 0 unspecified atom stereocenters. The van der Waals surface area contributed by atoms with E-state index in [-0.39, 0.29) is 10.8 Å². The normalized spacial score (nSPS) is 20.4. The van der Waals surface area contributed by atoms with Crippen molar-refractivity contribution in [2.75, 3.05) is 18.0 Å². The molecule has 3 heteroatoms. The van der Waals surface area contributed by atoms with Crippen LogP contribution in [0.25, 0.3) is 0 Å². The molecule has 45 heavy (non-hydrogen) atoms.